The second kappa shape index (κ2) is 7.72. The van der Waals surface area contributed by atoms with Crippen LogP contribution in [0.2, 0.25) is 0 Å². The fourth-order valence-corrected chi connectivity index (χ4v) is 3.63. The van der Waals surface area contributed by atoms with Crippen molar-refractivity contribution in [3.8, 4) is 11.3 Å². The Bertz CT molecular complexity index is 972. The van der Waals surface area contributed by atoms with E-state index in [0.717, 1.165) is 35.7 Å². The summed E-state index contributed by atoms with van der Waals surface area (Å²) in [7, 11) is 0. The number of carbonyl (C=O) groups is 2. The lowest BCUT2D eigenvalue weighted by atomic mass is 10.1. The summed E-state index contributed by atoms with van der Waals surface area (Å²) in [5.41, 5.74) is 4.17. The Labute approximate surface area is 164 Å². The molecule has 2 aromatic carbocycles. The van der Waals surface area contributed by atoms with Crippen molar-refractivity contribution in [3.05, 3.63) is 78.0 Å². The summed E-state index contributed by atoms with van der Waals surface area (Å²) < 4.78 is 0. The molecule has 0 bridgehead atoms. The van der Waals surface area contributed by atoms with Gasteiger partial charge in [0.15, 0.2) is 0 Å². The Kier molecular flexibility index (Phi) is 4.98. The maximum absolute atomic E-state index is 12.8. The highest BCUT2D eigenvalue weighted by atomic mass is 16.2. The van der Waals surface area contributed by atoms with Gasteiger partial charge < -0.3 is 14.8 Å². The number of aryl methyl sites for hydroxylation is 1. The molecule has 1 aliphatic heterocycles. The number of H-pyrrole nitrogens is 1. The van der Waals surface area contributed by atoms with Gasteiger partial charge in [0.25, 0.3) is 11.7 Å². The predicted molar refractivity (Wildman–Crippen MR) is 111 cm³/mol. The number of ketones is 1. The molecule has 1 N–H and O–H groups in total. The first-order valence-electron chi connectivity index (χ1n) is 9.52. The highest BCUT2D eigenvalue weighted by molar-refractivity contribution is 6.43. The first kappa shape index (κ1) is 18.0. The van der Waals surface area contributed by atoms with E-state index >= 15 is 0 Å². The van der Waals surface area contributed by atoms with E-state index in [1.807, 2.05) is 55.5 Å². The third-order valence-corrected chi connectivity index (χ3v) is 5.23. The molecule has 2 heterocycles. The molecule has 28 heavy (non-hydrogen) atoms. The number of rotatable bonds is 4. The quantitative estimate of drug-likeness (QED) is 0.562. The molecule has 5 heteroatoms. The topological polar surface area (TPSA) is 56.4 Å². The van der Waals surface area contributed by atoms with Crippen molar-refractivity contribution in [2.24, 2.45) is 0 Å². The van der Waals surface area contributed by atoms with Crippen LogP contribution in [0.5, 0.6) is 0 Å². The third-order valence-electron chi connectivity index (χ3n) is 5.23. The van der Waals surface area contributed by atoms with Gasteiger partial charge in [-0.05, 0) is 30.7 Å². The fraction of sp³-hybridized carbons (Fsp3) is 0.217. The lowest BCUT2D eigenvalue weighted by molar-refractivity contribution is -0.126. The van der Waals surface area contributed by atoms with Crippen LogP contribution in [-0.2, 0) is 4.79 Å². The van der Waals surface area contributed by atoms with Gasteiger partial charge >= 0.3 is 0 Å². The van der Waals surface area contributed by atoms with Crippen LogP contribution < -0.4 is 4.90 Å². The Morgan fingerprint density at radius 2 is 1.46 bits per heavy atom. The van der Waals surface area contributed by atoms with Crippen molar-refractivity contribution in [1.82, 2.24) is 9.88 Å². The molecule has 0 radical (unpaired) electrons. The number of anilines is 1. The fourth-order valence-electron chi connectivity index (χ4n) is 3.63. The number of hydrogen-bond donors (Lipinski definition) is 1. The number of benzene rings is 2. The first-order chi connectivity index (χ1) is 13.6. The van der Waals surface area contributed by atoms with Crippen molar-refractivity contribution in [1.29, 1.82) is 0 Å². The van der Waals surface area contributed by atoms with Gasteiger partial charge in [-0.15, -0.1) is 0 Å². The largest absolute Gasteiger partial charge is 0.368 e. The zero-order chi connectivity index (χ0) is 19.5. The lowest BCUT2D eigenvalue weighted by Gasteiger charge is -2.35. The monoisotopic (exact) mass is 373 g/mol. The van der Waals surface area contributed by atoms with Crippen molar-refractivity contribution >= 4 is 17.4 Å². The molecule has 1 saturated heterocycles. The molecule has 1 aromatic heterocycles. The molecule has 5 nitrogen and oxygen atoms in total. The molecule has 1 aliphatic rings. The Balaban J connectivity index is 1.45. The number of amides is 1. The minimum absolute atomic E-state index is 0.422. The van der Waals surface area contributed by atoms with Gasteiger partial charge in [0, 0.05) is 48.8 Å². The maximum Gasteiger partial charge on any atom is 0.295 e. The number of nitrogens with one attached hydrogen (secondary N) is 1. The van der Waals surface area contributed by atoms with Crippen LogP contribution in [0.3, 0.4) is 0 Å². The van der Waals surface area contributed by atoms with Crippen molar-refractivity contribution in [3.63, 3.8) is 0 Å². The van der Waals surface area contributed by atoms with Crippen LogP contribution in [0.4, 0.5) is 5.69 Å². The molecule has 0 saturated carbocycles. The molecule has 142 valence electrons. The molecule has 3 aromatic rings. The summed E-state index contributed by atoms with van der Waals surface area (Å²) in [4.78, 5) is 32.8. The average molecular weight is 373 g/mol. The number of aromatic amines is 1. The number of piperazine rings is 1. The number of para-hydroxylation sites is 1. The van der Waals surface area contributed by atoms with E-state index in [0.29, 0.717) is 18.7 Å². The number of carbonyl (C=O) groups excluding carboxylic acids is 2. The maximum atomic E-state index is 12.8. The van der Waals surface area contributed by atoms with Crippen LogP contribution >= 0.6 is 0 Å². The molecule has 1 amide bonds. The van der Waals surface area contributed by atoms with Crippen LogP contribution in [0.15, 0.2) is 66.7 Å². The molecule has 0 aliphatic carbocycles. The van der Waals surface area contributed by atoms with E-state index < -0.39 is 11.7 Å². The van der Waals surface area contributed by atoms with E-state index in [1.165, 1.54) is 0 Å². The van der Waals surface area contributed by atoms with Gasteiger partial charge in [0.2, 0.25) is 0 Å². The molecular weight excluding hydrogens is 350 g/mol. The minimum atomic E-state index is -0.441. The van der Waals surface area contributed by atoms with Gasteiger partial charge in [-0.3, -0.25) is 9.59 Å². The highest BCUT2D eigenvalue weighted by Crippen LogP contribution is 2.23. The highest BCUT2D eigenvalue weighted by Gasteiger charge is 2.28. The van der Waals surface area contributed by atoms with Crippen molar-refractivity contribution in [2.45, 2.75) is 6.92 Å². The molecule has 0 atom stereocenters. The van der Waals surface area contributed by atoms with Gasteiger partial charge in [-0.25, -0.2) is 0 Å². The molecular formula is C23H23N3O2. The van der Waals surface area contributed by atoms with E-state index in [9.17, 15) is 9.59 Å². The third kappa shape index (κ3) is 3.56. The van der Waals surface area contributed by atoms with Gasteiger partial charge in [-0.2, -0.15) is 0 Å². The van der Waals surface area contributed by atoms with Gasteiger partial charge in [-0.1, -0.05) is 48.5 Å². The number of aromatic nitrogens is 1. The molecule has 1 fully saturated rings. The molecule has 4 rings (SSSR count). The van der Waals surface area contributed by atoms with Crippen LogP contribution in [0.25, 0.3) is 11.3 Å². The lowest BCUT2D eigenvalue weighted by Crippen LogP contribution is -2.50. The van der Waals surface area contributed by atoms with Gasteiger partial charge in [0.05, 0.1) is 0 Å². The van der Waals surface area contributed by atoms with E-state index in [4.69, 9.17) is 0 Å². The van der Waals surface area contributed by atoms with E-state index in [2.05, 4.69) is 22.0 Å². The summed E-state index contributed by atoms with van der Waals surface area (Å²) in [6, 6.07) is 21.7. The summed E-state index contributed by atoms with van der Waals surface area (Å²) >= 11 is 0. The van der Waals surface area contributed by atoms with Gasteiger partial charge in [0.1, 0.15) is 0 Å². The van der Waals surface area contributed by atoms with E-state index in [-0.39, 0.29) is 0 Å². The van der Waals surface area contributed by atoms with Crippen LogP contribution in [-0.4, -0.2) is 47.8 Å². The van der Waals surface area contributed by atoms with Crippen molar-refractivity contribution in [2.75, 3.05) is 31.1 Å². The molecule has 0 unspecified atom stereocenters. The average Bonchev–Trinajstić information content (AvgIpc) is 3.16. The number of Topliss-reactive ketones (excluding diaryl/α,β-unsaturated/α-hetero) is 1. The SMILES string of the molecule is Cc1[nH]c(-c2ccccc2)cc1C(=O)C(=O)N1CCN(c2ccccc2)CC1. The summed E-state index contributed by atoms with van der Waals surface area (Å²) in [5, 5.41) is 0. The zero-order valence-corrected chi connectivity index (χ0v) is 15.9. The van der Waals surface area contributed by atoms with Crippen LogP contribution in [0.1, 0.15) is 16.1 Å². The smallest absolute Gasteiger partial charge is 0.295 e. The second-order valence-corrected chi connectivity index (χ2v) is 7.03. The predicted octanol–water partition coefficient (Wildman–Crippen LogP) is 3.52. The Hall–Kier alpha value is -3.34. The number of hydrogen-bond acceptors (Lipinski definition) is 3. The molecule has 0 spiro atoms. The summed E-state index contributed by atoms with van der Waals surface area (Å²) in [6.45, 7) is 4.39. The minimum Gasteiger partial charge on any atom is -0.368 e. The van der Waals surface area contributed by atoms with Crippen molar-refractivity contribution < 1.29 is 9.59 Å². The summed E-state index contributed by atoms with van der Waals surface area (Å²) in [5.74, 6) is -0.862. The second-order valence-electron chi connectivity index (χ2n) is 7.03. The van der Waals surface area contributed by atoms with E-state index in [1.54, 1.807) is 11.0 Å². The first-order valence-corrected chi connectivity index (χ1v) is 9.52. The standard InChI is InChI=1S/C23H23N3O2/c1-17-20(16-21(24-17)18-8-4-2-5-9-18)22(27)23(28)26-14-12-25(13-15-26)19-10-6-3-7-11-19/h2-11,16,24H,12-15H2,1H3. The summed E-state index contributed by atoms with van der Waals surface area (Å²) in [6.07, 6.45) is 0. The normalized spacial score (nSPS) is 14.2. The zero-order valence-electron chi connectivity index (χ0n) is 15.9. The Morgan fingerprint density at radius 1 is 0.857 bits per heavy atom. The number of nitrogens with zero attached hydrogens (tertiary/aromatic N) is 2. The van der Waals surface area contributed by atoms with Crippen LogP contribution in [0, 0.1) is 6.92 Å². The Morgan fingerprint density at radius 3 is 2.11 bits per heavy atom.